The van der Waals surface area contributed by atoms with Gasteiger partial charge in [-0.25, -0.2) is 4.39 Å². The topological polar surface area (TPSA) is 15.3 Å². The average Bonchev–Trinajstić information content (AvgIpc) is 2.38. The van der Waals surface area contributed by atoms with Crippen LogP contribution in [-0.2, 0) is 0 Å². The molecule has 0 bridgehead atoms. The van der Waals surface area contributed by atoms with Crippen molar-refractivity contribution < 1.29 is 4.39 Å². The molecule has 106 valence electrons. The van der Waals surface area contributed by atoms with Crippen LogP contribution >= 0.6 is 11.6 Å². The van der Waals surface area contributed by atoms with E-state index in [1.807, 2.05) is 50.2 Å². The molecule has 0 aliphatic rings. The Bertz CT molecular complexity index is 599. The van der Waals surface area contributed by atoms with Crippen LogP contribution in [0.15, 0.2) is 42.5 Å². The third-order valence-corrected chi connectivity index (χ3v) is 3.40. The summed E-state index contributed by atoms with van der Waals surface area (Å²) in [5.74, 6) is -0.227. The van der Waals surface area contributed by atoms with Crippen molar-refractivity contribution in [2.24, 2.45) is 0 Å². The highest BCUT2D eigenvalue weighted by atomic mass is 35.5. The summed E-state index contributed by atoms with van der Waals surface area (Å²) in [4.78, 5) is 2.01. The van der Waals surface area contributed by atoms with Crippen LogP contribution in [0.5, 0.6) is 0 Å². The van der Waals surface area contributed by atoms with E-state index in [1.54, 1.807) is 6.07 Å². The van der Waals surface area contributed by atoms with Crippen molar-refractivity contribution in [2.45, 2.75) is 13.0 Å². The summed E-state index contributed by atoms with van der Waals surface area (Å²) in [6, 6.07) is 12.3. The van der Waals surface area contributed by atoms with Crippen molar-refractivity contribution in [3.05, 3.63) is 58.9 Å². The van der Waals surface area contributed by atoms with Gasteiger partial charge in [-0.2, -0.15) is 0 Å². The van der Waals surface area contributed by atoms with E-state index in [0.29, 0.717) is 5.02 Å². The van der Waals surface area contributed by atoms with Crippen molar-refractivity contribution in [3.8, 4) is 0 Å². The lowest BCUT2D eigenvalue weighted by Crippen LogP contribution is -2.14. The molecular formula is C16H18ClFN2. The second-order valence-electron chi connectivity index (χ2n) is 4.98. The van der Waals surface area contributed by atoms with E-state index in [0.717, 1.165) is 16.9 Å². The SMILES string of the molecule is CC(Nc1cc(Cl)ccc1N(C)C)c1cccc(F)c1. The first-order valence-electron chi connectivity index (χ1n) is 6.46. The van der Waals surface area contributed by atoms with Crippen LogP contribution < -0.4 is 10.2 Å². The molecule has 0 radical (unpaired) electrons. The molecule has 1 N–H and O–H groups in total. The summed E-state index contributed by atoms with van der Waals surface area (Å²) >= 11 is 6.06. The molecule has 2 rings (SSSR count). The molecule has 0 aromatic heterocycles. The molecule has 1 atom stereocenters. The van der Waals surface area contributed by atoms with E-state index in [4.69, 9.17) is 11.6 Å². The molecule has 0 heterocycles. The second-order valence-corrected chi connectivity index (χ2v) is 5.41. The van der Waals surface area contributed by atoms with Crippen LogP contribution in [0.3, 0.4) is 0 Å². The minimum absolute atomic E-state index is 0.0112. The van der Waals surface area contributed by atoms with E-state index in [-0.39, 0.29) is 11.9 Å². The lowest BCUT2D eigenvalue weighted by Gasteiger charge is -2.22. The number of hydrogen-bond donors (Lipinski definition) is 1. The van der Waals surface area contributed by atoms with E-state index in [1.165, 1.54) is 12.1 Å². The Labute approximate surface area is 124 Å². The fraction of sp³-hybridized carbons (Fsp3) is 0.250. The van der Waals surface area contributed by atoms with Crippen LogP contribution in [0.1, 0.15) is 18.5 Å². The third kappa shape index (κ3) is 3.42. The van der Waals surface area contributed by atoms with Gasteiger partial charge in [-0.3, -0.25) is 0 Å². The molecule has 0 fully saturated rings. The highest BCUT2D eigenvalue weighted by molar-refractivity contribution is 6.31. The predicted octanol–water partition coefficient (Wildman–Crippen LogP) is 4.72. The zero-order valence-electron chi connectivity index (χ0n) is 11.8. The maximum absolute atomic E-state index is 13.3. The number of anilines is 2. The van der Waals surface area contributed by atoms with Gasteiger partial charge in [0.2, 0.25) is 0 Å². The lowest BCUT2D eigenvalue weighted by molar-refractivity contribution is 0.623. The minimum atomic E-state index is -0.227. The molecule has 0 saturated heterocycles. The monoisotopic (exact) mass is 292 g/mol. The molecule has 0 saturated carbocycles. The number of nitrogens with zero attached hydrogens (tertiary/aromatic N) is 1. The Balaban J connectivity index is 2.27. The van der Waals surface area contributed by atoms with Crippen LogP contribution in [0, 0.1) is 5.82 Å². The molecule has 20 heavy (non-hydrogen) atoms. The van der Waals surface area contributed by atoms with Crippen molar-refractivity contribution in [1.82, 2.24) is 0 Å². The standard InChI is InChI=1S/C16H18ClFN2/c1-11(12-5-4-6-14(18)9-12)19-15-10-13(17)7-8-16(15)20(2)3/h4-11,19H,1-3H3. The maximum Gasteiger partial charge on any atom is 0.123 e. The molecule has 0 aliphatic heterocycles. The second kappa shape index (κ2) is 6.14. The molecule has 4 heteroatoms. The summed E-state index contributed by atoms with van der Waals surface area (Å²) in [7, 11) is 3.95. The largest absolute Gasteiger partial charge is 0.377 e. The van der Waals surface area contributed by atoms with Crippen LogP contribution in [0.25, 0.3) is 0 Å². The highest BCUT2D eigenvalue weighted by Crippen LogP contribution is 2.31. The Kier molecular flexibility index (Phi) is 4.50. The molecule has 2 nitrogen and oxygen atoms in total. The van der Waals surface area contributed by atoms with Gasteiger partial charge in [0.05, 0.1) is 11.4 Å². The summed E-state index contributed by atoms with van der Waals surface area (Å²) in [5, 5.41) is 4.05. The molecule has 0 amide bonds. The van der Waals surface area contributed by atoms with Gasteiger partial charge in [-0.1, -0.05) is 23.7 Å². The quantitative estimate of drug-likeness (QED) is 0.877. The highest BCUT2D eigenvalue weighted by Gasteiger charge is 2.11. The first-order valence-corrected chi connectivity index (χ1v) is 6.84. The number of benzene rings is 2. The maximum atomic E-state index is 13.3. The minimum Gasteiger partial charge on any atom is -0.377 e. The van der Waals surface area contributed by atoms with Crippen molar-refractivity contribution >= 4 is 23.0 Å². The van der Waals surface area contributed by atoms with Crippen LogP contribution in [-0.4, -0.2) is 14.1 Å². The number of halogens is 2. The number of nitrogens with one attached hydrogen (secondary N) is 1. The first kappa shape index (κ1) is 14.7. The fourth-order valence-corrected chi connectivity index (χ4v) is 2.28. The van der Waals surface area contributed by atoms with E-state index < -0.39 is 0 Å². The summed E-state index contributed by atoms with van der Waals surface area (Å²) < 4.78 is 13.3. The molecule has 2 aromatic carbocycles. The van der Waals surface area contributed by atoms with Crippen LogP contribution in [0.2, 0.25) is 5.02 Å². The predicted molar refractivity (Wildman–Crippen MR) is 84.2 cm³/mol. The van der Waals surface area contributed by atoms with Gasteiger partial charge in [0.25, 0.3) is 0 Å². The van der Waals surface area contributed by atoms with Crippen LogP contribution in [0.4, 0.5) is 15.8 Å². The zero-order chi connectivity index (χ0) is 14.7. The normalized spacial score (nSPS) is 12.1. The van der Waals surface area contributed by atoms with E-state index in [2.05, 4.69) is 5.32 Å². The molecule has 2 aromatic rings. The van der Waals surface area contributed by atoms with Gasteiger partial charge < -0.3 is 10.2 Å². The van der Waals surface area contributed by atoms with Gasteiger partial charge in [0.15, 0.2) is 0 Å². The average molecular weight is 293 g/mol. The molecule has 0 aliphatic carbocycles. The number of hydrogen-bond acceptors (Lipinski definition) is 2. The van der Waals surface area contributed by atoms with Crippen molar-refractivity contribution in [2.75, 3.05) is 24.3 Å². The van der Waals surface area contributed by atoms with E-state index in [9.17, 15) is 4.39 Å². The van der Waals surface area contributed by atoms with Crippen molar-refractivity contribution in [1.29, 1.82) is 0 Å². The summed E-state index contributed by atoms with van der Waals surface area (Å²) in [6.07, 6.45) is 0. The van der Waals surface area contributed by atoms with Gasteiger partial charge in [0.1, 0.15) is 5.82 Å². The smallest absolute Gasteiger partial charge is 0.123 e. The van der Waals surface area contributed by atoms with Gasteiger partial charge in [-0.15, -0.1) is 0 Å². The number of rotatable bonds is 4. The fourth-order valence-electron chi connectivity index (χ4n) is 2.11. The summed E-state index contributed by atoms with van der Waals surface area (Å²) in [6.45, 7) is 2.00. The summed E-state index contributed by atoms with van der Waals surface area (Å²) in [5.41, 5.74) is 2.87. The third-order valence-electron chi connectivity index (χ3n) is 3.16. The molecule has 1 unspecified atom stereocenters. The molecule has 0 spiro atoms. The Hall–Kier alpha value is -1.74. The zero-order valence-corrected chi connectivity index (χ0v) is 12.6. The van der Waals surface area contributed by atoms with E-state index >= 15 is 0 Å². The van der Waals surface area contributed by atoms with Crippen molar-refractivity contribution in [3.63, 3.8) is 0 Å². The van der Waals surface area contributed by atoms with Gasteiger partial charge >= 0.3 is 0 Å². The lowest BCUT2D eigenvalue weighted by atomic mass is 10.1. The Morgan fingerprint density at radius 2 is 1.90 bits per heavy atom. The Morgan fingerprint density at radius 1 is 1.15 bits per heavy atom. The molecular weight excluding hydrogens is 275 g/mol. The van der Waals surface area contributed by atoms with Gasteiger partial charge in [-0.05, 0) is 42.8 Å². The first-order chi connectivity index (χ1) is 9.47. The van der Waals surface area contributed by atoms with Gasteiger partial charge in [0, 0.05) is 25.2 Å². The Morgan fingerprint density at radius 3 is 2.55 bits per heavy atom.